The molecule has 8 heteroatoms. The van der Waals surface area contributed by atoms with Crippen molar-refractivity contribution in [3.63, 3.8) is 0 Å². The Morgan fingerprint density at radius 1 is 1.04 bits per heavy atom. The number of benzene rings is 1. The minimum absolute atomic E-state index is 0.109. The molecule has 0 radical (unpaired) electrons. The van der Waals surface area contributed by atoms with E-state index in [4.69, 9.17) is 9.47 Å². The number of hydrogen-bond donors (Lipinski definition) is 0. The van der Waals surface area contributed by atoms with Crippen LogP contribution in [-0.4, -0.2) is 97.6 Å². The molecule has 0 unspecified atom stereocenters. The molecule has 0 bridgehead atoms. The highest BCUT2D eigenvalue weighted by molar-refractivity contribution is 8.00. The SMILES string of the molecule is COC(=O)[C@@H]1CN(C(=O)CN2CCN(Cc3ccc(OC)cc3)CC2)CCS1. The van der Waals surface area contributed by atoms with E-state index in [9.17, 15) is 9.59 Å². The van der Waals surface area contributed by atoms with Crippen LogP contribution in [0.2, 0.25) is 0 Å². The second kappa shape index (κ2) is 10.1. The van der Waals surface area contributed by atoms with Crippen molar-refractivity contribution in [2.45, 2.75) is 11.8 Å². The van der Waals surface area contributed by atoms with E-state index in [0.717, 1.165) is 44.2 Å². The fraction of sp³-hybridized carbons (Fsp3) is 0.600. The first kappa shape index (κ1) is 21.0. The number of piperazine rings is 1. The average molecular weight is 408 g/mol. The fourth-order valence-corrected chi connectivity index (χ4v) is 4.66. The van der Waals surface area contributed by atoms with Crippen LogP contribution in [0.4, 0.5) is 0 Å². The number of carbonyl (C=O) groups is 2. The lowest BCUT2D eigenvalue weighted by atomic mass is 10.2. The van der Waals surface area contributed by atoms with Crippen molar-refractivity contribution in [1.29, 1.82) is 0 Å². The van der Waals surface area contributed by atoms with Gasteiger partial charge in [0.25, 0.3) is 0 Å². The van der Waals surface area contributed by atoms with E-state index in [2.05, 4.69) is 21.9 Å². The largest absolute Gasteiger partial charge is 0.497 e. The summed E-state index contributed by atoms with van der Waals surface area (Å²) in [7, 11) is 3.07. The van der Waals surface area contributed by atoms with E-state index < -0.39 is 0 Å². The van der Waals surface area contributed by atoms with Crippen molar-refractivity contribution in [2.24, 2.45) is 0 Å². The number of rotatable bonds is 6. The number of nitrogens with zero attached hydrogens (tertiary/aromatic N) is 3. The monoisotopic (exact) mass is 407 g/mol. The Labute approximate surface area is 170 Å². The molecule has 3 rings (SSSR count). The van der Waals surface area contributed by atoms with Gasteiger partial charge in [-0.15, -0.1) is 11.8 Å². The Kier molecular flexibility index (Phi) is 7.58. The zero-order chi connectivity index (χ0) is 19.9. The van der Waals surface area contributed by atoms with E-state index in [-0.39, 0.29) is 17.1 Å². The molecule has 0 saturated carbocycles. The van der Waals surface area contributed by atoms with Gasteiger partial charge in [0, 0.05) is 51.6 Å². The Morgan fingerprint density at radius 2 is 1.71 bits per heavy atom. The molecule has 2 fully saturated rings. The van der Waals surface area contributed by atoms with Crippen molar-refractivity contribution in [3.05, 3.63) is 29.8 Å². The third-order valence-electron chi connectivity index (χ3n) is 5.27. The van der Waals surface area contributed by atoms with Gasteiger partial charge < -0.3 is 14.4 Å². The zero-order valence-corrected chi connectivity index (χ0v) is 17.5. The van der Waals surface area contributed by atoms with E-state index in [0.29, 0.717) is 19.6 Å². The van der Waals surface area contributed by atoms with Crippen LogP contribution >= 0.6 is 11.8 Å². The summed E-state index contributed by atoms with van der Waals surface area (Å²) < 4.78 is 10.0. The topological polar surface area (TPSA) is 62.3 Å². The highest BCUT2D eigenvalue weighted by atomic mass is 32.2. The van der Waals surface area contributed by atoms with Gasteiger partial charge in [-0.3, -0.25) is 19.4 Å². The van der Waals surface area contributed by atoms with Crippen LogP contribution in [-0.2, 0) is 20.9 Å². The van der Waals surface area contributed by atoms with Crippen LogP contribution in [0.15, 0.2) is 24.3 Å². The molecule has 1 amide bonds. The molecule has 2 aliphatic heterocycles. The van der Waals surface area contributed by atoms with Gasteiger partial charge in [-0.05, 0) is 17.7 Å². The van der Waals surface area contributed by atoms with Crippen LogP contribution in [0.5, 0.6) is 5.75 Å². The van der Waals surface area contributed by atoms with Crippen LogP contribution < -0.4 is 4.74 Å². The Morgan fingerprint density at radius 3 is 2.36 bits per heavy atom. The summed E-state index contributed by atoms with van der Waals surface area (Å²) in [5.74, 6) is 1.52. The van der Waals surface area contributed by atoms with Crippen LogP contribution in [0.25, 0.3) is 0 Å². The quantitative estimate of drug-likeness (QED) is 0.650. The van der Waals surface area contributed by atoms with E-state index in [1.54, 1.807) is 18.9 Å². The molecule has 7 nitrogen and oxygen atoms in total. The number of carbonyl (C=O) groups excluding carboxylic acids is 2. The number of amides is 1. The average Bonchev–Trinajstić information content (AvgIpc) is 2.75. The molecule has 1 aromatic carbocycles. The molecular weight excluding hydrogens is 378 g/mol. The molecule has 1 atom stereocenters. The molecule has 0 N–H and O–H groups in total. The third kappa shape index (κ3) is 5.62. The van der Waals surface area contributed by atoms with E-state index in [1.165, 1.54) is 12.7 Å². The molecule has 2 heterocycles. The molecule has 2 saturated heterocycles. The minimum Gasteiger partial charge on any atom is -0.497 e. The van der Waals surface area contributed by atoms with Gasteiger partial charge in [-0.25, -0.2) is 0 Å². The lowest BCUT2D eigenvalue weighted by Crippen LogP contribution is -2.52. The van der Waals surface area contributed by atoms with Crippen LogP contribution in [0.3, 0.4) is 0 Å². The number of ether oxygens (including phenoxy) is 2. The molecule has 154 valence electrons. The first-order chi connectivity index (χ1) is 13.6. The van der Waals surface area contributed by atoms with Gasteiger partial charge in [-0.2, -0.15) is 0 Å². The molecule has 2 aliphatic rings. The first-order valence-corrected chi connectivity index (χ1v) is 10.7. The highest BCUT2D eigenvalue weighted by Crippen LogP contribution is 2.20. The molecule has 28 heavy (non-hydrogen) atoms. The van der Waals surface area contributed by atoms with Gasteiger partial charge in [0.1, 0.15) is 11.0 Å². The number of methoxy groups -OCH3 is 2. The maximum Gasteiger partial charge on any atom is 0.320 e. The molecule has 0 aromatic heterocycles. The summed E-state index contributed by atoms with van der Waals surface area (Å²) >= 11 is 1.57. The number of esters is 1. The first-order valence-electron chi connectivity index (χ1n) is 9.64. The summed E-state index contributed by atoms with van der Waals surface area (Å²) in [5.41, 5.74) is 1.27. The highest BCUT2D eigenvalue weighted by Gasteiger charge is 2.30. The Bertz CT molecular complexity index is 662. The maximum absolute atomic E-state index is 12.7. The number of thioether (sulfide) groups is 1. The molecule has 0 aliphatic carbocycles. The molecule has 1 aromatic rings. The van der Waals surface area contributed by atoms with Crippen molar-refractivity contribution in [2.75, 3.05) is 65.8 Å². The van der Waals surface area contributed by atoms with E-state index in [1.807, 2.05) is 17.0 Å². The Balaban J connectivity index is 1.42. The Hall–Kier alpha value is -1.77. The van der Waals surface area contributed by atoms with Gasteiger partial charge in [-0.1, -0.05) is 12.1 Å². The van der Waals surface area contributed by atoms with Crippen LogP contribution in [0.1, 0.15) is 5.56 Å². The summed E-state index contributed by atoms with van der Waals surface area (Å²) in [4.78, 5) is 30.8. The second-order valence-corrected chi connectivity index (χ2v) is 8.43. The standard InChI is InChI=1S/C20H29N3O4S/c1-26-17-5-3-16(4-6-17)13-21-7-9-22(10-8-21)15-19(24)23-11-12-28-18(14-23)20(25)27-2/h3-6,18H,7-15H2,1-2H3/t18-/m0/s1. The summed E-state index contributed by atoms with van der Waals surface area (Å²) in [6.07, 6.45) is 0. The van der Waals surface area contributed by atoms with Gasteiger partial charge in [0.2, 0.25) is 5.91 Å². The van der Waals surface area contributed by atoms with Gasteiger partial charge in [0.05, 0.1) is 20.8 Å². The van der Waals surface area contributed by atoms with Crippen LogP contribution in [0, 0.1) is 0 Å². The van der Waals surface area contributed by atoms with Gasteiger partial charge >= 0.3 is 5.97 Å². The lowest BCUT2D eigenvalue weighted by Gasteiger charge is -2.36. The van der Waals surface area contributed by atoms with Crippen molar-refractivity contribution in [1.82, 2.24) is 14.7 Å². The summed E-state index contributed by atoms with van der Waals surface area (Å²) in [6, 6.07) is 8.17. The van der Waals surface area contributed by atoms with E-state index >= 15 is 0 Å². The smallest absolute Gasteiger partial charge is 0.320 e. The normalized spacial score (nSPS) is 21.4. The molecular formula is C20H29N3O4S. The third-order valence-corrected chi connectivity index (χ3v) is 6.43. The predicted molar refractivity (Wildman–Crippen MR) is 110 cm³/mol. The molecule has 0 spiro atoms. The summed E-state index contributed by atoms with van der Waals surface area (Å²) in [5, 5.41) is -0.260. The van der Waals surface area contributed by atoms with Crippen molar-refractivity contribution in [3.8, 4) is 5.75 Å². The van der Waals surface area contributed by atoms with Crippen molar-refractivity contribution < 1.29 is 19.1 Å². The summed E-state index contributed by atoms with van der Waals surface area (Å²) in [6.45, 7) is 6.14. The van der Waals surface area contributed by atoms with Gasteiger partial charge in [0.15, 0.2) is 0 Å². The fourth-order valence-electron chi connectivity index (χ4n) is 3.54. The number of hydrogen-bond acceptors (Lipinski definition) is 7. The van der Waals surface area contributed by atoms with Crippen molar-refractivity contribution >= 4 is 23.6 Å². The zero-order valence-electron chi connectivity index (χ0n) is 16.6. The predicted octanol–water partition coefficient (Wildman–Crippen LogP) is 0.930. The second-order valence-electron chi connectivity index (χ2n) is 7.12. The lowest BCUT2D eigenvalue weighted by molar-refractivity contribution is -0.141. The maximum atomic E-state index is 12.7. The minimum atomic E-state index is -0.260.